The molecule has 0 aliphatic carbocycles. The Morgan fingerprint density at radius 3 is 2.69 bits per heavy atom. The number of carbonyl (C=O) groups excluding carboxylic acids is 2. The molecular weight excluding hydrogens is 377 g/mol. The van der Waals surface area contributed by atoms with E-state index in [-0.39, 0.29) is 36.1 Å². The lowest BCUT2D eigenvalue weighted by Gasteiger charge is -2.18. The number of anilines is 2. The summed E-state index contributed by atoms with van der Waals surface area (Å²) >= 11 is 6.23. The highest BCUT2D eigenvalue weighted by Gasteiger charge is 2.34. The third-order valence-electron chi connectivity index (χ3n) is 4.25. The Morgan fingerprint density at radius 1 is 1.31 bits per heavy atom. The summed E-state index contributed by atoms with van der Waals surface area (Å²) in [6.45, 7) is 2.77. The van der Waals surface area contributed by atoms with E-state index in [0.29, 0.717) is 22.9 Å². The smallest absolute Gasteiger partial charge is 0.229 e. The van der Waals surface area contributed by atoms with E-state index >= 15 is 0 Å². The van der Waals surface area contributed by atoms with Gasteiger partial charge in [-0.15, -0.1) is 12.4 Å². The summed E-state index contributed by atoms with van der Waals surface area (Å²) in [5, 5.41) is 13.4. The van der Waals surface area contributed by atoms with Crippen LogP contribution < -0.4 is 16.0 Å². The monoisotopic (exact) mass is 397 g/mol. The molecule has 1 fully saturated rings. The van der Waals surface area contributed by atoms with Gasteiger partial charge in [0.05, 0.1) is 22.8 Å². The molecule has 26 heavy (non-hydrogen) atoms. The Morgan fingerprint density at radius 2 is 2.08 bits per heavy atom. The van der Waals surface area contributed by atoms with E-state index in [1.807, 2.05) is 13.2 Å². The maximum atomic E-state index is 12.7. The molecule has 2 amide bonds. The van der Waals surface area contributed by atoms with Gasteiger partial charge in [-0.2, -0.15) is 5.10 Å². The third-order valence-corrected chi connectivity index (χ3v) is 4.56. The molecule has 1 aromatic carbocycles. The average Bonchev–Trinajstić information content (AvgIpc) is 3.17. The molecule has 0 radical (unpaired) electrons. The second kappa shape index (κ2) is 8.53. The summed E-state index contributed by atoms with van der Waals surface area (Å²) in [5.41, 5.74) is 2.16. The molecule has 2 atom stereocenters. The van der Waals surface area contributed by atoms with Crippen LogP contribution in [0.1, 0.15) is 18.4 Å². The molecule has 2 heterocycles. The lowest BCUT2D eigenvalue weighted by Crippen LogP contribution is -2.28. The minimum Gasteiger partial charge on any atom is -0.326 e. The molecule has 7 nitrogen and oxygen atoms in total. The van der Waals surface area contributed by atoms with Crippen LogP contribution in [0.25, 0.3) is 0 Å². The number of nitrogens with zero attached hydrogens (tertiary/aromatic N) is 2. The van der Waals surface area contributed by atoms with Crippen LogP contribution in [0.3, 0.4) is 0 Å². The maximum absolute atomic E-state index is 12.7. The van der Waals surface area contributed by atoms with Crippen LogP contribution in [0.4, 0.5) is 11.4 Å². The molecule has 1 aliphatic heterocycles. The minimum atomic E-state index is -0.199. The van der Waals surface area contributed by atoms with Crippen LogP contribution in [0, 0.1) is 5.92 Å². The summed E-state index contributed by atoms with van der Waals surface area (Å²) in [7, 11) is 1.86. The highest BCUT2D eigenvalue weighted by atomic mass is 35.5. The molecule has 0 saturated carbocycles. The lowest BCUT2D eigenvalue weighted by atomic mass is 9.90. The summed E-state index contributed by atoms with van der Waals surface area (Å²) in [6, 6.07) is 5.01. The maximum Gasteiger partial charge on any atom is 0.229 e. The Hall–Kier alpha value is -2.09. The topological polar surface area (TPSA) is 88.1 Å². The molecule has 3 N–H and O–H groups in total. The van der Waals surface area contributed by atoms with Gasteiger partial charge in [-0.3, -0.25) is 14.3 Å². The van der Waals surface area contributed by atoms with Gasteiger partial charge >= 0.3 is 0 Å². The van der Waals surface area contributed by atoms with E-state index in [0.717, 1.165) is 12.1 Å². The predicted octanol–water partition coefficient (Wildman–Crippen LogP) is 2.40. The average molecular weight is 398 g/mol. The second-order valence-corrected chi connectivity index (χ2v) is 6.59. The Labute approximate surface area is 162 Å². The standard InChI is InChI=1S/C17H20ClN5O2.ClH/c1-10(24)21-12-3-4-16(15(18)5-12)22-17(25)14-8-19-7-13(14)11-6-20-23(2)9-11;/h3-6,9,13-14,19H,7-8H2,1-2H3,(H,21,24)(H,22,25);1H/t13-,14+;/m1./s1. The zero-order valence-electron chi connectivity index (χ0n) is 14.5. The van der Waals surface area contributed by atoms with Crippen LogP contribution in [-0.2, 0) is 16.6 Å². The van der Waals surface area contributed by atoms with E-state index in [1.165, 1.54) is 6.92 Å². The van der Waals surface area contributed by atoms with Gasteiger partial charge in [0.2, 0.25) is 11.8 Å². The van der Waals surface area contributed by atoms with E-state index in [2.05, 4.69) is 21.0 Å². The van der Waals surface area contributed by atoms with Crippen LogP contribution in [0.2, 0.25) is 5.02 Å². The first-order valence-corrected chi connectivity index (χ1v) is 8.39. The number of nitrogens with one attached hydrogen (secondary N) is 3. The molecule has 1 saturated heterocycles. The number of hydrogen-bond acceptors (Lipinski definition) is 4. The molecule has 1 aromatic heterocycles. The molecular formula is C17H21Cl2N5O2. The van der Waals surface area contributed by atoms with Crippen LogP contribution in [-0.4, -0.2) is 34.7 Å². The highest BCUT2D eigenvalue weighted by molar-refractivity contribution is 6.34. The summed E-state index contributed by atoms with van der Waals surface area (Å²) in [6.07, 6.45) is 3.74. The first-order chi connectivity index (χ1) is 11.9. The van der Waals surface area contributed by atoms with Crippen molar-refractivity contribution in [1.29, 1.82) is 0 Å². The van der Waals surface area contributed by atoms with Gasteiger partial charge < -0.3 is 16.0 Å². The van der Waals surface area contributed by atoms with Gasteiger partial charge in [0.25, 0.3) is 0 Å². The van der Waals surface area contributed by atoms with Crippen molar-refractivity contribution in [3.8, 4) is 0 Å². The van der Waals surface area contributed by atoms with Crippen molar-refractivity contribution in [2.24, 2.45) is 13.0 Å². The van der Waals surface area contributed by atoms with Crippen molar-refractivity contribution < 1.29 is 9.59 Å². The van der Waals surface area contributed by atoms with Crippen LogP contribution in [0.5, 0.6) is 0 Å². The molecule has 9 heteroatoms. The van der Waals surface area contributed by atoms with Crippen molar-refractivity contribution in [2.75, 3.05) is 23.7 Å². The number of halogens is 2. The summed E-state index contributed by atoms with van der Waals surface area (Å²) < 4.78 is 1.74. The lowest BCUT2D eigenvalue weighted by molar-refractivity contribution is -0.119. The quantitative estimate of drug-likeness (QED) is 0.738. The fourth-order valence-corrected chi connectivity index (χ4v) is 3.29. The zero-order valence-corrected chi connectivity index (χ0v) is 16.0. The number of aryl methyl sites for hydroxylation is 1. The Kier molecular flexibility index (Phi) is 6.63. The summed E-state index contributed by atoms with van der Waals surface area (Å²) in [4.78, 5) is 23.8. The van der Waals surface area contributed by atoms with Gasteiger partial charge in [-0.25, -0.2) is 0 Å². The van der Waals surface area contributed by atoms with Gasteiger partial charge in [-0.05, 0) is 23.8 Å². The van der Waals surface area contributed by atoms with Gasteiger partial charge in [-0.1, -0.05) is 11.6 Å². The van der Waals surface area contributed by atoms with E-state index in [4.69, 9.17) is 11.6 Å². The predicted molar refractivity (Wildman–Crippen MR) is 104 cm³/mol. The number of rotatable bonds is 4. The second-order valence-electron chi connectivity index (χ2n) is 6.18. The minimum absolute atomic E-state index is 0. The fraction of sp³-hybridized carbons (Fsp3) is 0.353. The van der Waals surface area contributed by atoms with Crippen molar-refractivity contribution in [2.45, 2.75) is 12.8 Å². The van der Waals surface area contributed by atoms with Crippen molar-refractivity contribution in [3.05, 3.63) is 41.2 Å². The number of carbonyl (C=O) groups is 2. The SMILES string of the molecule is CC(=O)Nc1ccc(NC(=O)[C@H]2CNC[C@@H]2c2cnn(C)c2)c(Cl)c1.Cl. The van der Waals surface area contributed by atoms with Crippen LogP contribution >= 0.6 is 24.0 Å². The number of aromatic nitrogens is 2. The van der Waals surface area contributed by atoms with Gasteiger partial charge in [0, 0.05) is 44.9 Å². The molecule has 140 valence electrons. The zero-order chi connectivity index (χ0) is 18.0. The van der Waals surface area contributed by atoms with Crippen molar-refractivity contribution in [3.63, 3.8) is 0 Å². The van der Waals surface area contributed by atoms with E-state index in [1.54, 1.807) is 29.1 Å². The largest absolute Gasteiger partial charge is 0.326 e. The molecule has 0 bridgehead atoms. The number of amides is 2. The highest BCUT2D eigenvalue weighted by Crippen LogP contribution is 2.31. The molecule has 2 aromatic rings. The van der Waals surface area contributed by atoms with Crippen molar-refractivity contribution >= 4 is 47.2 Å². The molecule has 1 aliphatic rings. The van der Waals surface area contributed by atoms with E-state index in [9.17, 15) is 9.59 Å². The third kappa shape index (κ3) is 4.55. The first kappa shape index (κ1) is 20.2. The van der Waals surface area contributed by atoms with Gasteiger partial charge in [0.1, 0.15) is 0 Å². The molecule has 0 unspecified atom stereocenters. The van der Waals surface area contributed by atoms with E-state index < -0.39 is 0 Å². The first-order valence-electron chi connectivity index (χ1n) is 8.01. The van der Waals surface area contributed by atoms with Crippen molar-refractivity contribution in [1.82, 2.24) is 15.1 Å². The Balaban J connectivity index is 0.00000243. The Bertz CT molecular complexity index is 808. The normalized spacial score (nSPS) is 18.9. The van der Waals surface area contributed by atoms with Crippen LogP contribution in [0.15, 0.2) is 30.6 Å². The summed E-state index contributed by atoms with van der Waals surface area (Å²) in [5.74, 6) is -0.390. The van der Waals surface area contributed by atoms with Gasteiger partial charge in [0.15, 0.2) is 0 Å². The fourth-order valence-electron chi connectivity index (χ4n) is 3.06. The molecule has 0 spiro atoms. The number of hydrogen-bond donors (Lipinski definition) is 3. The molecule has 3 rings (SSSR count). The number of benzene rings is 1.